The van der Waals surface area contributed by atoms with Crippen molar-refractivity contribution in [3.8, 4) is 11.3 Å². The van der Waals surface area contributed by atoms with Crippen LogP contribution in [0.25, 0.3) is 11.3 Å². The molecule has 0 spiro atoms. The summed E-state index contributed by atoms with van der Waals surface area (Å²) in [6, 6.07) is 10.7. The zero-order valence-corrected chi connectivity index (χ0v) is 17.2. The number of ether oxygens (including phenoxy) is 1. The van der Waals surface area contributed by atoms with Crippen LogP contribution in [-0.2, 0) is 17.7 Å². The first-order chi connectivity index (χ1) is 13.6. The molecule has 5 nitrogen and oxygen atoms in total. The Morgan fingerprint density at radius 1 is 1.11 bits per heavy atom. The van der Waals surface area contributed by atoms with E-state index in [1.807, 2.05) is 13.0 Å². The summed E-state index contributed by atoms with van der Waals surface area (Å²) in [4.78, 5) is 14.3. The Labute approximate surface area is 168 Å². The number of unbranched alkanes of at least 4 members (excludes halogenated alkanes) is 2. The lowest BCUT2D eigenvalue weighted by Gasteiger charge is -2.27. The summed E-state index contributed by atoms with van der Waals surface area (Å²) < 4.78 is 7.68. The molecule has 1 aromatic carbocycles. The minimum Gasteiger partial charge on any atom is -0.379 e. The number of aryl methyl sites for hydroxylation is 1. The van der Waals surface area contributed by atoms with E-state index in [1.54, 1.807) is 0 Å². The van der Waals surface area contributed by atoms with Crippen LogP contribution in [0.2, 0.25) is 0 Å². The molecule has 1 aliphatic rings. The fraction of sp³-hybridized carbons (Fsp3) is 0.522. The highest BCUT2D eigenvalue weighted by molar-refractivity contribution is 5.95. The van der Waals surface area contributed by atoms with Gasteiger partial charge in [-0.05, 0) is 37.0 Å². The Bertz CT molecular complexity index is 774. The molecular formula is C23H33N3O2. The van der Waals surface area contributed by atoms with Crippen LogP contribution in [0.1, 0.15) is 47.8 Å². The van der Waals surface area contributed by atoms with Crippen molar-refractivity contribution in [2.24, 2.45) is 5.73 Å². The first-order valence-corrected chi connectivity index (χ1v) is 10.5. The molecular weight excluding hydrogens is 350 g/mol. The standard InChI is InChI=1S/C23H33N3O2/c1-3-4-5-6-19-7-9-20(10-8-19)22-17-21(23(24)27)18(2)26(22)12-11-25-13-15-28-16-14-25/h7-10,17H,3-6,11-16H2,1-2H3,(H2,24,27). The fourth-order valence-corrected chi connectivity index (χ4v) is 3.91. The number of nitrogens with zero attached hydrogens (tertiary/aromatic N) is 2. The van der Waals surface area contributed by atoms with Crippen molar-refractivity contribution in [2.45, 2.75) is 46.1 Å². The predicted molar refractivity (Wildman–Crippen MR) is 114 cm³/mol. The molecule has 0 atom stereocenters. The van der Waals surface area contributed by atoms with Gasteiger partial charge in [0, 0.05) is 37.6 Å². The number of amides is 1. The zero-order valence-electron chi connectivity index (χ0n) is 17.2. The Morgan fingerprint density at radius 2 is 1.82 bits per heavy atom. The third-order valence-corrected chi connectivity index (χ3v) is 5.69. The van der Waals surface area contributed by atoms with Gasteiger partial charge < -0.3 is 15.0 Å². The molecule has 1 saturated heterocycles. The third-order valence-electron chi connectivity index (χ3n) is 5.69. The van der Waals surface area contributed by atoms with Gasteiger partial charge in [-0.3, -0.25) is 9.69 Å². The van der Waals surface area contributed by atoms with Crippen LogP contribution < -0.4 is 5.73 Å². The second-order valence-electron chi connectivity index (χ2n) is 7.65. The normalized spacial score (nSPS) is 15.1. The van der Waals surface area contributed by atoms with E-state index in [4.69, 9.17) is 10.5 Å². The minimum atomic E-state index is -0.361. The molecule has 3 rings (SSSR count). The van der Waals surface area contributed by atoms with Crippen molar-refractivity contribution >= 4 is 5.91 Å². The maximum absolute atomic E-state index is 11.9. The Balaban J connectivity index is 1.80. The average Bonchev–Trinajstić information content (AvgIpc) is 3.04. The number of rotatable bonds is 9. The summed E-state index contributed by atoms with van der Waals surface area (Å²) in [7, 11) is 0. The molecule has 0 bridgehead atoms. The highest BCUT2D eigenvalue weighted by atomic mass is 16.5. The SMILES string of the molecule is CCCCCc1ccc(-c2cc(C(N)=O)c(C)n2CCN2CCOCC2)cc1. The first-order valence-electron chi connectivity index (χ1n) is 10.5. The molecule has 1 aliphatic heterocycles. The second-order valence-corrected chi connectivity index (χ2v) is 7.65. The molecule has 0 radical (unpaired) electrons. The van der Waals surface area contributed by atoms with Gasteiger partial charge >= 0.3 is 0 Å². The van der Waals surface area contributed by atoms with Gasteiger partial charge in [0.15, 0.2) is 0 Å². The van der Waals surface area contributed by atoms with E-state index in [-0.39, 0.29) is 5.91 Å². The molecule has 2 N–H and O–H groups in total. The second kappa shape index (κ2) is 9.89. The molecule has 1 fully saturated rings. The Morgan fingerprint density at radius 3 is 2.46 bits per heavy atom. The van der Waals surface area contributed by atoms with Crippen molar-refractivity contribution in [1.29, 1.82) is 0 Å². The van der Waals surface area contributed by atoms with Gasteiger partial charge in [-0.1, -0.05) is 44.0 Å². The smallest absolute Gasteiger partial charge is 0.250 e. The van der Waals surface area contributed by atoms with Crippen molar-refractivity contribution < 1.29 is 9.53 Å². The fourth-order valence-electron chi connectivity index (χ4n) is 3.91. The maximum atomic E-state index is 11.9. The maximum Gasteiger partial charge on any atom is 0.250 e. The summed E-state index contributed by atoms with van der Waals surface area (Å²) in [5.74, 6) is -0.361. The largest absolute Gasteiger partial charge is 0.379 e. The van der Waals surface area contributed by atoms with Crippen molar-refractivity contribution in [3.05, 3.63) is 47.2 Å². The predicted octanol–water partition coefficient (Wildman–Crippen LogP) is 3.63. The number of nitrogens with two attached hydrogens (primary N) is 1. The van der Waals surface area contributed by atoms with E-state index >= 15 is 0 Å². The first kappa shape index (κ1) is 20.6. The van der Waals surface area contributed by atoms with Crippen LogP contribution in [0.3, 0.4) is 0 Å². The number of carbonyl (C=O) groups is 1. The molecule has 152 valence electrons. The van der Waals surface area contributed by atoms with Gasteiger partial charge in [-0.2, -0.15) is 0 Å². The van der Waals surface area contributed by atoms with E-state index in [0.29, 0.717) is 5.56 Å². The third kappa shape index (κ3) is 5.03. The number of carbonyl (C=O) groups excluding carboxylic acids is 1. The lowest BCUT2D eigenvalue weighted by atomic mass is 10.0. The van der Waals surface area contributed by atoms with Crippen molar-refractivity contribution in [3.63, 3.8) is 0 Å². The van der Waals surface area contributed by atoms with E-state index in [9.17, 15) is 4.79 Å². The number of hydrogen-bond donors (Lipinski definition) is 1. The minimum absolute atomic E-state index is 0.361. The van der Waals surface area contributed by atoms with Gasteiger partial charge in [0.1, 0.15) is 0 Å². The number of aromatic nitrogens is 1. The van der Waals surface area contributed by atoms with Crippen LogP contribution in [0.5, 0.6) is 0 Å². The van der Waals surface area contributed by atoms with E-state index in [2.05, 4.69) is 40.7 Å². The van der Waals surface area contributed by atoms with Gasteiger partial charge in [-0.25, -0.2) is 0 Å². The molecule has 0 saturated carbocycles. The molecule has 2 aromatic rings. The van der Waals surface area contributed by atoms with Crippen LogP contribution in [-0.4, -0.2) is 48.2 Å². The quantitative estimate of drug-likeness (QED) is 0.673. The summed E-state index contributed by atoms with van der Waals surface area (Å²) >= 11 is 0. The zero-order chi connectivity index (χ0) is 19.9. The Kier molecular flexibility index (Phi) is 7.29. The van der Waals surface area contributed by atoms with Gasteiger partial charge in [-0.15, -0.1) is 0 Å². The molecule has 0 unspecified atom stereocenters. The average molecular weight is 384 g/mol. The van der Waals surface area contributed by atoms with Crippen LogP contribution >= 0.6 is 0 Å². The van der Waals surface area contributed by atoms with E-state index in [0.717, 1.165) is 62.8 Å². The Hall–Kier alpha value is -2.11. The van der Waals surface area contributed by atoms with E-state index in [1.165, 1.54) is 24.8 Å². The molecule has 5 heteroatoms. The van der Waals surface area contributed by atoms with Crippen LogP contribution in [0.15, 0.2) is 30.3 Å². The molecule has 0 aliphatic carbocycles. The molecule has 1 amide bonds. The lowest BCUT2D eigenvalue weighted by Crippen LogP contribution is -2.38. The van der Waals surface area contributed by atoms with Gasteiger partial charge in [0.2, 0.25) is 0 Å². The number of primary amides is 1. The topological polar surface area (TPSA) is 60.5 Å². The summed E-state index contributed by atoms with van der Waals surface area (Å²) in [6.07, 6.45) is 4.87. The van der Waals surface area contributed by atoms with Gasteiger partial charge in [0.25, 0.3) is 5.91 Å². The highest BCUT2D eigenvalue weighted by Crippen LogP contribution is 2.27. The van der Waals surface area contributed by atoms with E-state index < -0.39 is 0 Å². The molecule has 2 heterocycles. The van der Waals surface area contributed by atoms with Crippen LogP contribution in [0, 0.1) is 6.92 Å². The monoisotopic (exact) mass is 383 g/mol. The molecule has 28 heavy (non-hydrogen) atoms. The summed E-state index contributed by atoms with van der Waals surface area (Å²) in [6.45, 7) is 9.52. The van der Waals surface area contributed by atoms with Gasteiger partial charge in [0.05, 0.1) is 18.8 Å². The number of morpholine rings is 1. The number of benzene rings is 1. The molecule has 1 aromatic heterocycles. The van der Waals surface area contributed by atoms with Crippen LogP contribution in [0.4, 0.5) is 0 Å². The highest BCUT2D eigenvalue weighted by Gasteiger charge is 2.18. The summed E-state index contributed by atoms with van der Waals surface area (Å²) in [5, 5.41) is 0. The summed E-state index contributed by atoms with van der Waals surface area (Å²) in [5.41, 5.74) is 10.8. The lowest BCUT2D eigenvalue weighted by molar-refractivity contribution is 0.0364. The van der Waals surface area contributed by atoms with Crippen molar-refractivity contribution in [2.75, 3.05) is 32.8 Å². The van der Waals surface area contributed by atoms with Crippen molar-refractivity contribution in [1.82, 2.24) is 9.47 Å². The number of hydrogen-bond acceptors (Lipinski definition) is 3.